The zero-order chi connectivity index (χ0) is 14.6. The summed E-state index contributed by atoms with van der Waals surface area (Å²) >= 11 is 0. The minimum absolute atomic E-state index is 0.142. The fraction of sp³-hybridized carbons (Fsp3) is 0.824. The average molecular weight is 280 g/mol. The number of rotatable bonds is 12. The lowest BCUT2D eigenvalue weighted by Crippen LogP contribution is -2.23. The molecule has 0 aromatic carbocycles. The molecule has 1 aromatic rings. The topological polar surface area (TPSA) is 26.9 Å². The highest BCUT2D eigenvalue weighted by Crippen LogP contribution is 2.10. The Morgan fingerprint density at radius 3 is 1.75 bits per heavy atom. The summed E-state index contributed by atoms with van der Waals surface area (Å²) in [5.74, 6) is 0. The lowest BCUT2D eigenvalue weighted by molar-refractivity contribution is 0.525. The summed E-state index contributed by atoms with van der Waals surface area (Å²) in [4.78, 5) is 11.8. The number of nitrogens with zero attached hydrogens (tertiary/aromatic N) is 2. The van der Waals surface area contributed by atoms with Crippen molar-refractivity contribution >= 4 is 0 Å². The van der Waals surface area contributed by atoms with Crippen LogP contribution in [0.3, 0.4) is 0 Å². The zero-order valence-electron chi connectivity index (χ0n) is 13.4. The second-order valence-electron chi connectivity index (χ2n) is 5.74. The Bertz CT molecular complexity index is 392. The molecule has 3 nitrogen and oxygen atoms in total. The van der Waals surface area contributed by atoms with Crippen LogP contribution in [-0.2, 0) is 13.1 Å². The summed E-state index contributed by atoms with van der Waals surface area (Å²) in [5, 5.41) is 0. The van der Waals surface area contributed by atoms with Gasteiger partial charge in [-0.05, 0) is 13.3 Å². The third kappa shape index (κ3) is 6.44. The van der Waals surface area contributed by atoms with Gasteiger partial charge in [0.1, 0.15) is 0 Å². The molecule has 0 bridgehead atoms. The maximum atomic E-state index is 11.8. The first-order chi connectivity index (χ1) is 9.79. The summed E-state index contributed by atoms with van der Waals surface area (Å²) < 4.78 is 3.60. The van der Waals surface area contributed by atoms with Crippen molar-refractivity contribution in [2.75, 3.05) is 0 Å². The predicted molar refractivity (Wildman–Crippen MR) is 86.2 cm³/mol. The molecule has 20 heavy (non-hydrogen) atoms. The van der Waals surface area contributed by atoms with Gasteiger partial charge < -0.3 is 0 Å². The summed E-state index contributed by atoms with van der Waals surface area (Å²) in [6.45, 7) is 5.92. The monoisotopic (exact) mass is 280 g/mol. The van der Waals surface area contributed by atoms with Gasteiger partial charge in [-0.25, -0.2) is 4.79 Å². The molecule has 0 aliphatic heterocycles. The van der Waals surface area contributed by atoms with Crippen LogP contribution in [0.1, 0.15) is 78.1 Å². The standard InChI is InChI=1S/C17H32N2O/c1-3-5-6-7-8-9-10-11-12-13-14-19-16-15-18(4-2)17(19)20/h15-16H,3-14H2,1-2H3. The van der Waals surface area contributed by atoms with Crippen LogP contribution < -0.4 is 5.69 Å². The highest BCUT2D eigenvalue weighted by atomic mass is 16.1. The molecule has 0 saturated heterocycles. The smallest absolute Gasteiger partial charge is 0.300 e. The van der Waals surface area contributed by atoms with E-state index in [2.05, 4.69) is 6.92 Å². The average Bonchev–Trinajstić information content (AvgIpc) is 2.81. The van der Waals surface area contributed by atoms with E-state index in [9.17, 15) is 4.79 Å². The van der Waals surface area contributed by atoms with Gasteiger partial charge in [0, 0.05) is 25.5 Å². The van der Waals surface area contributed by atoms with Crippen LogP contribution in [0.15, 0.2) is 17.2 Å². The molecule has 0 amide bonds. The molecular weight excluding hydrogens is 248 g/mol. The van der Waals surface area contributed by atoms with Crippen LogP contribution in [0, 0.1) is 0 Å². The number of unbranched alkanes of at least 4 members (excludes halogenated alkanes) is 9. The second kappa shape index (κ2) is 10.8. The van der Waals surface area contributed by atoms with Crippen LogP contribution in [0.4, 0.5) is 0 Å². The van der Waals surface area contributed by atoms with Crippen molar-refractivity contribution in [3.8, 4) is 0 Å². The van der Waals surface area contributed by atoms with Crippen LogP contribution in [0.2, 0.25) is 0 Å². The Morgan fingerprint density at radius 1 is 0.750 bits per heavy atom. The lowest BCUT2D eigenvalue weighted by atomic mass is 10.1. The molecule has 0 fully saturated rings. The SMILES string of the molecule is CCCCCCCCCCCCn1ccn(CC)c1=O. The van der Waals surface area contributed by atoms with Gasteiger partial charge in [0.15, 0.2) is 0 Å². The minimum Gasteiger partial charge on any atom is -0.300 e. The molecule has 1 aromatic heterocycles. The normalized spacial score (nSPS) is 11.1. The Hall–Kier alpha value is -0.990. The van der Waals surface area contributed by atoms with Crippen LogP contribution in [0.5, 0.6) is 0 Å². The van der Waals surface area contributed by atoms with E-state index in [0.717, 1.165) is 19.5 Å². The second-order valence-corrected chi connectivity index (χ2v) is 5.74. The summed E-state index contributed by atoms with van der Waals surface area (Å²) in [6.07, 6.45) is 17.2. The van der Waals surface area contributed by atoms with Gasteiger partial charge in [-0.1, -0.05) is 64.7 Å². The van der Waals surface area contributed by atoms with Gasteiger partial charge in [0.05, 0.1) is 0 Å². The summed E-state index contributed by atoms with van der Waals surface area (Å²) in [5.41, 5.74) is 0.142. The van der Waals surface area contributed by atoms with Gasteiger partial charge in [-0.2, -0.15) is 0 Å². The number of hydrogen-bond donors (Lipinski definition) is 0. The van der Waals surface area contributed by atoms with Crippen molar-refractivity contribution in [3.63, 3.8) is 0 Å². The number of imidazole rings is 1. The van der Waals surface area contributed by atoms with Crippen molar-refractivity contribution in [1.82, 2.24) is 9.13 Å². The van der Waals surface area contributed by atoms with Gasteiger partial charge in [0.2, 0.25) is 0 Å². The van der Waals surface area contributed by atoms with Crippen molar-refractivity contribution in [3.05, 3.63) is 22.9 Å². The molecular formula is C17H32N2O. The fourth-order valence-electron chi connectivity index (χ4n) is 2.63. The van der Waals surface area contributed by atoms with Gasteiger partial charge in [-0.15, -0.1) is 0 Å². The maximum absolute atomic E-state index is 11.8. The molecule has 0 N–H and O–H groups in total. The highest BCUT2D eigenvalue weighted by Gasteiger charge is 2.00. The Balaban J connectivity index is 1.97. The van der Waals surface area contributed by atoms with Crippen molar-refractivity contribution in [1.29, 1.82) is 0 Å². The molecule has 0 radical (unpaired) electrons. The molecule has 0 spiro atoms. The first-order valence-corrected chi connectivity index (χ1v) is 8.55. The van der Waals surface area contributed by atoms with Crippen LogP contribution in [-0.4, -0.2) is 9.13 Å². The fourth-order valence-corrected chi connectivity index (χ4v) is 2.63. The third-order valence-corrected chi connectivity index (χ3v) is 4.01. The molecule has 0 aliphatic carbocycles. The van der Waals surface area contributed by atoms with Crippen molar-refractivity contribution < 1.29 is 0 Å². The van der Waals surface area contributed by atoms with E-state index in [1.54, 1.807) is 4.57 Å². The van der Waals surface area contributed by atoms with E-state index < -0.39 is 0 Å². The summed E-state index contributed by atoms with van der Waals surface area (Å²) in [6, 6.07) is 0. The van der Waals surface area contributed by atoms with Crippen LogP contribution in [0.25, 0.3) is 0 Å². The molecule has 1 heterocycles. The van der Waals surface area contributed by atoms with Crippen molar-refractivity contribution in [2.45, 2.75) is 91.1 Å². The van der Waals surface area contributed by atoms with Crippen molar-refractivity contribution in [2.24, 2.45) is 0 Å². The van der Waals surface area contributed by atoms with E-state index in [1.165, 1.54) is 57.8 Å². The van der Waals surface area contributed by atoms with E-state index in [4.69, 9.17) is 0 Å². The molecule has 116 valence electrons. The minimum atomic E-state index is 0.142. The first kappa shape index (κ1) is 17.1. The zero-order valence-corrected chi connectivity index (χ0v) is 13.4. The van der Waals surface area contributed by atoms with Gasteiger partial charge in [-0.3, -0.25) is 9.13 Å². The lowest BCUT2D eigenvalue weighted by Gasteiger charge is -2.03. The molecule has 0 unspecified atom stereocenters. The highest BCUT2D eigenvalue weighted by molar-refractivity contribution is 4.80. The Morgan fingerprint density at radius 2 is 1.25 bits per heavy atom. The van der Waals surface area contributed by atoms with Gasteiger partial charge >= 0.3 is 5.69 Å². The maximum Gasteiger partial charge on any atom is 0.328 e. The Labute approximate surface area is 124 Å². The van der Waals surface area contributed by atoms with E-state index in [-0.39, 0.29) is 5.69 Å². The van der Waals surface area contributed by atoms with Crippen LogP contribution >= 0.6 is 0 Å². The van der Waals surface area contributed by atoms with Gasteiger partial charge in [0.25, 0.3) is 0 Å². The number of aryl methyl sites for hydroxylation is 2. The Kier molecular flexibility index (Phi) is 9.18. The third-order valence-electron chi connectivity index (χ3n) is 4.01. The first-order valence-electron chi connectivity index (χ1n) is 8.55. The summed E-state index contributed by atoms with van der Waals surface area (Å²) in [7, 11) is 0. The number of hydrogen-bond acceptors (Lipinski definition) is 1. The van der Waals surface area contributed by atoms with E-state index >= 15 is 0 Å². The predicted octanol–water partition coefficient (Wildman–Crippen LogP) is 4.59. The van der Waals surface area contributed by atoms with E-state index in [1.807, 2.05) is 23.9 Å². The molecule has 3 heteroatoms. The molecule has 1 rings (SSSR count). The molecule has 0 saturated carbocycles. The largest absolute Gasteiger partial charge is 0.328 e. The molecule has 0 aliphatic rings. The number of aromatic nitrogens is 2. The van der Waals surface area contributed by atoms with E-state index in [0.29, 0.717) is 0 Å². The quantitative estimate of drug-likeness (QED) is 0.514. The molecule has 0 atom stereocenters.